The lowest BCUT2D eigenvalue weighted by Crippen LogP contribution is -2.11. The van der Waals surface area contributed by atoms with Gasteiger partial charge in [-0.15, -0.1) is 0 Å². The lowest BCUT2D eigenvalue weighted by atomic mass is 10.3. The van der Waals surface area contributed by atoms with Gasteiger partial charge in [0.2, 0.25) is 0 Å². The van der Waals surface area contributed by atoms with E-state index < -0.39 is 9.84 Å². The highest BCUT2D eigenvalue weighted by Crippen LogP contribution is 2.16. The smallest absolute Gasteiger partial charge is 0.258 e. The normalized spacial score (nSPS) is 11.2. The summed E-state index contributed by atoms with van der Waals surface area (Å²) < 4.78 is 24.7. The van der Waals surface area contributed by atoms with Crippen LogP contribution in [0.4, 0.5) is 5.69 Å². The fourth-order valence-corrected chi connectivity index (χ4v) is 2.84. The van der Waals surface area contributed by atoms with Crippen molar-refractivity contribution in [2.75, 3.05) is 11.6 Å². The maximum atomic E-state index is 12.3. The van der Waals surface area contributed by atoms with Gasteiger partial charge in [0, 0.05) is 18.1 Å². The van der Waals surface area contributed by atoms with Crippen LogP contribution in [-0.4, -0.2) is 30.4 Å². The molecule has 0 unspecified atom stereocenters. The summed E-state index contributed by atoms with van der Waals surface area (Å²) in [7, 11) is -3.33. The van der Waals surface area contributed by atoms with Gasteiger partial charge in [-0.05, 0) is 30.3 Å². The van der Waals surface area contributed by atoms with Crippen LogP contribution in [0.25, 0.3) is 5.69 Å². The van der Waals surface area contributed by atoms with Crippen molar-refractivity contribution in [2.45, 2.75) is 4.90 Å². The summed E-state index contributed by atoms with van der Waals surface area (Å²) in [6.07, 6.45) is 4.20. The number of carbonyl (C=O) groups is 1. The first-order valence-corrected chi connectivity index (χ1v) is 9.04. The number of nitrogens with zero attached hydrogens (tertiary/aromatic N) is 2. The molecule has 3 rings (SSSR count). The van der Waals surface area contributed by atoms with Crippen LogP contribution in [-0.2, 0) is 9.84 Å². The van der Waals surface area contributed by atoms with Crippen LogP contribution in [0.1, 0.15) is 10.4 Å². The Morgan fingerprint density at radius 1 is 1.08 bits per heavy atom. The van der Waals surface area contributed by atoms with Crippen molar-refractivity contribution in [3.05, 3.63) is 72.6 Å². The van der Waals surface area contributed by atoms with Crippen LogP contribution in [0, 0.1) is 0 Å². The van der Waals surface area contributed by atoms with Gasteiger partial charge in [-0.2, -0.15) is 5.10 Å². The summed E-state index contributed by atoms with van der Waals surface area (Å²) >= 11 is 0. The molecule has 0 bridgehead atoms. The number of nitrogens with one attached hydrogen (secondary N) is 1. The summed E-state index contributed by atoms with van der Waals surface area (Å²) in [5, 5.41) is 6.84. The molecule has 7 heteroatoms. The van der Waals surface area contributed by atoms with Crippen LogP contribution in [0.3, 0.4) is 0 Å². The lowest BCUT2D eigenvalue weighted by molar-refractivity contribution is 0.102. The topological polar surface area (TPSA) is 81.1 Å². The molecule has 1 heterocycles. The number of rotatable bonds is 4. The molecule has 1 N–H and O–H groups in total. The average Bonchev–Trinajstić information content (AvgIpc) is 3.05. The number of para-hydroxylation sites is 1. The van der Waals surface area contributed by atoms with Gasteiger partial charge >= 0.3 is 0 Å². The molecule has 0 saturated carbocycles. The van der Waals surface area contributed by atoms with Gasteiger partial charge in [0.25, 0.3) is 5.91 Å². The van der Waals surface area contributed by atoms with Crippen molar-refractivity contribution in [1.29, 1.82) is 0 Å². The van der Waals surface area contributed by atoms with Gasteiger partial charge in [-0.3, -0.25) is 4.79 Å². The fourth-order valence-electron chi connectivity index (χ4n) is 2.17. The fraction of sp³-hybridized carbons (Fsp3) is 0.0588. The Labute approximate surface area is 139 Å². The van der Waals surface area contributed by atoms with E-state index in [1.165, 1.54) is 18.3 Å². The Balaban J connectivity index is 1.80. The number of amides is 1. The second kappa shape index (κ2) is 6.29. The Kier molecular flexibility index (Phi) is 4.18. The minimum atomic E-state index is -3.33. The zero-order valence-corrected chi connectivity index (χ0v) is 13.7. The maximum Gasteiger partial charge on any atom is 0.258 e. The predicted molar refractivity (Wildman–Crippen MR) is 91.1 cm³/mol. The number of benzene rings is 2. The highest BCUT2D eigenvalue weighted by atomic mass is 32.2. The van der Waals surface area contributed by atoms with Crippen LogP contribution < -0.4 is 5.32 Å². The summed E-state index contributed by atoms with van der Waals surface area (Å²) in [6, 6.07) is 15.5. The molecule has 0 aliphatic heterocycles. The van der Waals surface area contributed by atoms with Crippen molar-refractivity contribution in [1.82, 2.24) is 9.78 Å². The first kappa shape index (κ1) is 15.9. The molecule has 0 aliphatic carbocycles. The second-order valence-electron chi connectivity index (χ2n) is 5.26. The molecule has 0 spiro atoms. The second-order valence-corrected chi connectivity index (χ2v) is 7.28. The van der Waals surface area contributed by atoms with Crippen molar-refractivity contribution in [2.24, 2.45) is 0 Å². The summed E-state index contributed by atoms with van der Waals surface area (Å²) in [5.74, 6) is -0.358. The maximum absolute atomic E-state index is 12.3. The molecule has 24 heavy (non-hydrogen) atoms. The summed E-state index contributed by atoms with van der Waals surface area (Å²) in [5.41, 5.74) is 1.63. The molecule has 1 aromatic heterocycles. The third-order valence-electron chi connectivity index (χ3n) is 3.39. The highest BCUT2D eigenvalue weighted by Gasteiger charge is 2.12. The summed E-state index contributed by atoms with van der Waals surface area (Å²) in [6.45, 7) is 0. The van der Waals surface area contributed by atoms with E-state index >= 15 is 0 Å². The molecule has 3 aromatic rings. The zero-order valence-electron chi connectivity index (χ0n) is 12.9. The molecule has 0 fully saturated rings. The van der Waals surface area contributed by atoms with Crippen LogP contribution >= 0.6 is 0 Å². The molecule has 1 amide bonds. The first-order valence-electron chi connectivity index (χ1n) is 7.15. The van der Waals surface area contributed by atoms with Gasteiger partial charge in [0.15, 0.2) is 9.84 Å². The van der Waals surface area contributed by atoms with E-state index in [1.807, 2.05) is 30.3 Å². The molecule has 6 nitrogen and oxygen atoms in total. The van der Waals surface area contributed by atoms with E-state index in [0.29, 0.717) is 11.3 Å². The number of anilines is 1. The minimum Gasteiger partial charge on any atom is -0.322 e. The van der Waals surface area contributed by atoms with Gasteiger partial charge in [-0.1, -0.05) is 24.3 Å². The Bertz CT molecular complexity index is 979. The number of sulfone groups is 1. The standard InChI is InChI=1S/C17H15N3O3S/c1-24(22,23)16-9-5-6-14(10-16)19-17(21)13-11-18-20(12-13)15-7-3-2-4-8-15/h2-12H,1H3,(H,19,21). The monoisotopic (exact) mass is 341 g/mol. The van der Waals surface area contributed by atoms with Gasteiger partial charge in [0.05, 0.1) is 22.3 Å². The minimum absolute atomic E-state index is 0.153. The van der Waals surface area contributed by atoms with Crippen LogP contribution in [0.5, 0.6) is 0 Å². The molecule has 122 valence electrons. The van der Waals surface area contributed by atoms with E-state index in [4.69, 9.17) is 0 Å². The van der Waals surface area contributed by atoms with Gasteiger partial charge < -0.3 is 5.32 Å². The third-order valence-corrected chi connectivity index (χ3v) is 4.50. The molecular formula is C17H15N3O3S. The van der Waals surface area contributed by atoms with Crippen molar-refractivity contribution < 1.29 is 13.2 Å². The van der Waals surface area contributed by atoms with E-state index in [-0.39, 0.29) is 10.8 Å². The molecule has 0 atom stereocenters. The van der Waals surface area contributed by atoms with Crippen molar-refractivity contribution >= 4 is 21.4 Å². The van der Waals surface area contributed by atoms with E-state index in [2.05, 4.69) is 10.4 Å². The third kappa shape index (κ3) is 3.52. The Morgan fingerprint density at radius 3 is 2.54 bits per heavy atom. The summed E-state index contributed by atoms with van der Waals surface area (Å²) in [4.78, 5) is 12.5. The van der Waals surface area contributed by atoms with Gasteiger partial charge in [-0.25, -0.2) is 13.1 Å². The quantitative estimate of drug-likeness (QED) is 0.791. The Hall–Kier alpha value is -2.93. The Morgan fingerprint density at radius 2 is 1.83 bits per heavy atom. The first-order chi connectivity index (χ1) is 11.4. The number of hydrogen-bond acceptors (Lipinski definition) is 4. The van der Waals surface area contributed by atoms with E-state index in [0.717, 1.165) is 11.9 Å². The molecule has 0 aliphatic rings. The predicted octanol–water partition coefficient (Wildman–Crippen LogP) is 2.53. The molecule has 0 saturated heterocycles. The lowest BCUT2D eigenvalue weighted by Gasteiger charge is -2.05. The zero-order chi connectivity index (χ0) is 17.2. The van der Waals surface area contributed by atoms with Crippen molar-refractivity contribution in [3.8, 4) is 5.69 Å². The van der Waals surface area contributed by atoms with E-state index in [1.54, 1.807) is 23.0 Å². The van der Waals surface area contributed by atoms with Crippen LogP contribution in [0.15, 0.2) is 71.9 Å². The molecular weight excluding hydrogens is 326 g/mol. The SMILES string of the molecule is CS(=O)(=O)c1cccc(NC(=O)c2cnn(-c3ccccc3)c2)c1. The number of aromatic nitrogens is 2. The average molecular weight is 341 g/mol. The number of carbonyl (C=O) groups excluding carboxylic acids is 1. The molecule has 0 radical (unpaired) electrons. The highest BCUT2D eigenvalue weighted by molar-refractivity contribution is 7.90. The van der Waals surface area contributed by atoms with E-state index in [9.17, 15) is 13.2 Å². The number of hydrogen-bond donors (Lipinski definition) is 1. The van der Waals surface area contributed by atoms with Crippen LogP contribution in [0.2, 0.25) is 0 Å². The van der Waals surface area contributed by atoms with Gasteiger partial charge in [0.1, 0.15) is 0 Å². The molecule has 2 aromatic carbocycles. The largest absolute Gasteiger partial charge is 0.322 e. The van der Waals surface area contributed by atoms with Crippen molar-refractivity contribution in [3.63, 3.8) is 0 Å².